The van der Waals surface area contributed by atoms with Gasteiger partial charge in [0.2, 0.25) is 0 Å². The van der Waals surface area contributed by atoms with E-state index in [0.717, 1.165) is 17.0 Å². The molecule has 0 saturated carbocycles. The third kappa shape index (κ3) is 6.89. The Morgan fingerprint density at radius 2 is 1.58 bits per heavy atom. The Hall–Kier alpha value is -3.80. The van der Waals surface area contributed by atoms with Gasteiger partial charge in [0.25, 0.3) is 0 Å². The second-order valence-electron chi connectivity index (χ2n) is 6.39. The fraction of sp³-hybridized carbons (Fsp3) is 0.200. The third-order valence-corrected chi connectivity index (χ3v) is 4.12. The van der Waals surface area contributed by atoms with Crippen molar-refractivity contribution in [3.63, 3.8) is 0 Å². The van der Waals surface area contributed by atoms with Gasteiger partial charge in [0, 0.05) is 6.20 Å². The van der Waals surface area contributed by atoms with Gasteiger partial charge >= 0.3 is 5.97 Å². The zero-order valence-corrected chi connectivity index (χ0v) is 17.6. The SMILES string of the molecule is CCOc1ccc(OCC(=O)Oc2ccc(/C=C/c3ccccn3)cc2OCC)cc1. The van der Waals surface area contributed by atoms with Crippen LogP contribution in [-0.4, -0.2) is 30.8 Å². The molecule has 0 N–H and O–H groups in total. The average molecular weight is 419 g/mol. The van der Waals surface area contributed by atoms with E-state index in [1.165, 1.54) is 0 Å². The van der Waals surface area contributed by atoms with Crippen molar-refractivity contribution in [3.05, 3.63) is 78.1 Å². The average Bonchev–Trinajstić information content (AvgIpc) is 2.80. The van der Waals surface area contributed by atoms with Crippen LogP contribution in [0.3, 0.4) is 0 Å². The largest absolute Gasteiger partial charge is 0.494 e. The van der Waals surface area contributed by atoms with E-state index >= 15 is 0 Å². The van der Waals surface area contributed by atoms with E-state index < -0.39 is 5.97 Å². The number of aromatic nitrogens is 1. The summed E-state index contributed by atoms with van der Waals surface area (Å²) in [6.07, 6.45) is 5.57. The van der Waals surface area contributed by atoms with Crippen LogP contribution in [0.25, 0.3) is 12.2 Å². The van der Waals surface area contributed by atoms with Crippen LogP contribution >= 0.6 is 0 Å². The van der Waals surface area contributed by atoms with Gasteiger partial charge < -0.3 is 18.9 Å². The molecular formula is C25H25NO5. The maximum Gasteiger partial charge on any atom is 0.349 e. The van der Waals surface area contributed by atoms with Crippen molar-refractivity contribution in [1.29, 1.82) is 0 Å². The number of carbonyl (C=O) groups excluding carboxylic acids is 1. The lowest BCUT2D eigenvalue weighted by atomic mass is 10.1. The standard InChI is InChI=1S/C25H25NO5/c1-3-28-21-11-13-22(14-12-21)30-18-25(27)31-23-15-9-19(17-24(23)29-4-2)8-10-20-7-5-6-16-26-20/h5-17H,3-4,18H2,1-2H3/b10-8+. The van der Waals surface area contributed by atoms with E-state index in [-0.39, 0.29) is 6.61 Å². The molecule has 0 radical (unpaired) electrons. The van der Waals surface area contributed by atoms with Gasteiger partial charge in [-0.1, -0.05) is 18.2 Å². The first-order chi connectivity index (χ1) is 15.2. The smallest absolute Gasteiger partial charge is 0.349 e. The van der Waals surface area contributed by atoms with Crippen LogP contribution in [0.5, 0.6) is 23.0 Å². The number of rotatable bonds is 10. The summed E-state index contributed by atoms with van der Waals surface area (Å²) in [5.41, 5.74) is 1.75. The highest BCUT2D eigenvalue weighted by Gasteiger charge is 2.12. The highest BCUT2D eigenvalue weighted by atomic mass is 16.6. The van der Waals surface area contributed by atoms with Crippen molar-refractivity contribution < 1.29 is 23.7 Å². The fourth-order valence-electron chi connectivity index (χ4n) is 2.73. The normalized spacial score (nSPS) is 10.6. The Labute approximate surface area is 182 Å². The highest BCUT2D eigenvalue weighted by Crippen LogP contribution is 2.29. The molecule has 0 aliphatic carbocycles. The topological polar surface area (TPSA) is 66.9 Å². The summed E-state index contributed by atoms with van der Waals surface area (Å²) in [7, 11) is 0. The van der Waals surface area contributed by atoms with E-state index in [2.05, 4.69) is 4.98 Å². The van der Waals surface area contributed by atoms with Crippen LogP contribution in [0.15, 0.2) is 66.9 Å². The first kappa shape index (κ1) is 21.9. The van der Waals surface area contributed by atoms with Crippen molar-refractivity contribution in [2.75, 3.05) is 19.8 Å². The minimum absolute atomic E-state index is 0.221. The van der Waals surface area contributed by atoms with Crippen LogP contribution in [-0.2, 0) is 4.79 Å². The molecule has 31 heavy (non-hydrogen) atoms. The molecule has 0 amide bonds. The van der Waals surface area contributed by atoms with Gasteiger partial charge in [-0.15, -0.1) is 0 Å². The summed E-state index contributed by atoms with van der Waals surface area (Å²) < 4.78 is 22.0. The van der Waals surface area contributed by atoms with Gasteiger partial charge in [0.1, 0.15) is 11.5 Å². The van der Waals surface area contributed by atoms with Crippen LogP contribution in [0.4, 0.5) is 0 Å². The minimum Gasteiger partial charge on any atom is -0.494 e. The Morgan fingerprint density at radius 1 is 0.839 bits per heavy atom. The summed E-state index contributed by atoms with van der Waals surface area (Å²) in [4.78, 5) is 16.5. The van der Waals surface area contributed by atoms with Gasteiger partial charge in [-0.2, -0.15) is 0 Å². The fourth-order valence-corrected chi connectivity index (χ4v) is 2.73. The number of ether oxygens (including phenoxy) is 4. The summed E-state index contributed by atoms with van der Waals surface area (Å²) in [5.74, 6) is 1.61. The lowest BCUT2D eigenvalue weighted by Crippen LogP contribution is -2.18. The number of benzene rings is 2. The van der Waals surface area contributed by atoms with Crippen LogP contribution in [0, 0.1) is 0 Å². The summed E-state index contributed by atoms with van der Waals surface area (Å²) >= 11 is 0. The first-order valence-electron chi connectivity index (χ1n) is 10.1. The minimum atomic E-state index is -0.522. The number of hydrogen-bond donors (Lipinski definition) is 0. The Balaban J connectivity index is 1.61. The molecule has 0 aliphatic heterocycles. The monoisotopic (exact) mass is 419 g/mol. The van der Waals surface area contributed by atoms with E-state index in [1.807, 2.05) is 56.3 Å². The molecule has 160 valence electrons. The van der Waals surface area contributed by atoms with Gasteiger partial charge in [-0.25, -0.2) is 4.79 Å². The van der Waals surface area contributed by atoms with Crippen molar-refractivity contribution in [1.82, 2.24) is 4.98 Å². The molecule has 0 unspecified atom stereocenters. The highest BCUT2D eigenvalue weighted by molar-refractivity contribution is 5.76. The maximum absolute atomic E-state index is 12.3. The summed E-state index contributed by atoms with van der Waals surface area (Å²) in [6.45, 7) is 4.60. The second kappa shape index (κ2) is 11.4. The molecule has 1 aromatic heterocycles. The Morgan fingerprint density at radius 3 is 2.26 bits per heavy atom. The molecule has 0 aliphatic rings. The van der Waals surface area contributed by atoms with E-state index in [9.17, 15) is 4.79 Å². The first-order valence-corrected chi connectivity index (χ1v) is 10.1. The summed E-state index contributed by atoms with van der Waals surface area (Å²) in [5, 5.41) is 0. The molecule has 0 saturated heterocycles. The molecule has 3 rings (SSSR count). The predicted octanol–water partition coefficient (Wildman–Crippen LogP) is 5.03. The van der Waals surface area contributed by atoms with Gasteiger partial charge in [0.15, 0.2) is 18.1 Å². The molecule has 0 bridgehead atoms. The Kier molecular flexibility index (Phi) is 8.05. The van der Waals surface area contributed by atoms with E-state index in [4.69, 9.17) is 18.9 Å². The maximum atomic E-state index is 12.3. The van der Waals surface area contributed by atoms with Crippen LogP contribution < -0.4 is 18.9 Å². The molecule has 0 spiro atoms. The zero-order chi connectivity index (χ0) is 21.9. The van der Waals surface area contributed by atoms with Crippen LogP contribution in [0.2, 0.25) is 0 Å². The van der Waals surface area contributed by atoms with Crippen molar-refractivity contribution in [2.24, 2.45) is 0 Å². The predicted molar refractivity (Wildman–Crippen MR) is 120 cm³/mol. The second-order valence-corrected chi connectivity index (χ2v) is 6.39. The zero-order valence-electron chi connectivity index (χ0n) is 17.6. The summed E-state index contributed by atoms with van der Waals surface area (Å²) in [6, 6.07) is 18.1. The number of esters is 1. The van der Waals surface area contributed by atoms with Crippen molar-refractivity contribution >= 4 is 18.1 Å². The molecule has 0 fully saturated rings. The van der Waals surface area contributed by atoms with E-state index in [1.54, 1.807) is 36.5 Å². The molecule has 1 heterocycles. The van der Waals surface area contributed by atoms with Gasteiger partial charge in [-0.05, 0) is 74.0 Å². The van der Waals surface area contributed by atoms with Crippen molar-refractivity contribution in [3.8, 4) is 23.0 Å². The van der Waals surface area contributed by atoms with E-state index in [0.29, 0.717) is 30.5 Å². The Bertz CT molecular complexity index is 1000. The third-order valence-electron chi connectivity index (χ3n) is 4.12. The lowest BCUT2D eigenvalue weighted by molar-refractivity contribution is -0.136. The number of hydrogen-bond acceptors (Lipinski definition) is 6. The number of pyridine rings is 1. The number of carbonyl (C=O) groups is 1. The molecule has 3 aromatic rings. The molecule has 6 nitrogen and oxygen atoms in total. The van der Waals surface area contributed by atoms with Gasteiger partial charge in [0.05, 0.1) is 18.9 Å². The quantitative estimate of drug-likeness (QED) is 0.339. The van der Waals surface area contributed by atoms with Gasteiger partial charge in [-0.3, -0.25) is 4.98 Å². The number of nitrogens with zero attached hydrogens (tertiary/aromatic N) is 1. The molecule has 2 aromatic carbocycles. The molecule has 6 heteroatoms. The van der Waals surface area contributed by atoms with Crippen molar-refractivity contribution in [2.45, 2.75) is 13.8 Å². The lowest BCUT2D eigenvalue weighted by Gasteiger charge is -2.12. The van der Waals surface area contributed by atoms with Crippen LogP contribution in [0.1, 0.15) is 25.1 Å². The molecule has 0 atom stereocenters. The molecular weight excluding hydrogens is 394 g/mol.